The van der Waals surface area contributed by atoms with Gasteiger partial charge < -0.3 is 4.74 Å². The first-order valence-corrected chi connectivity index (χ1v) is 10.9. The molecule has 2 nitrogen and oxygen atoms in total. The minimum absolute atomic E-state index is 0.905. The first-order valence-electron chi connectivity index (χ1n) is 7.65. The summed E-state index contributed by atoms with van der Waals surface area (Å²) >= 11 is 0. The predicted molar refractivity (Wildman–Crippen MR) is 90.3 cm³/mol. The smallest absolute Gasteiger partial charge is 0.0807 e. The van der Waals surface area contributed by atoms with E-state index in [1.165, 1.54) is 24.6 Å². The van der Waals surface area contributed by atoms with Gasteiger partial charge in [0.2, 0.25) is 0 Å². The number of hydrogen-bond acceptors (Lipinski definition) is 2. The van der Waals surface area contributed by atoms with E-state index in [2.05, 4.69) is 48.8 Å². The largest absolute Gasteiger partial charge is 0.379 e. The van der Waals surface area contributed by atoms with Crippen molar-refractivity contribution in [2.24, 2.45) is 0 Å². The molecule has 1 heterocycles. The fourth-order valence-corrected chi connectivity index (χ4v) is 5.24. The van der Waals surface area contributed by atoms with Gasteiger partial charge in [-0.2, -0.15) is 0 Å². The van der Waals surface area contributed by atoms with Gasteiger partial charge in [0.25, 0.3) is 0 Å². The minimum Gasteiger partial charge on any atom is -0.379 e. The normalized spacial score (nSPS) is 17.1. The van der Waals surface area contributed by atoms with Crippen molar-refractivity contribution in [3.05, 3.63) is 36.4 Å². The quantitative estimate of drug-likeness (QED) is 0.747. The molecule has 0 spiro atoms. The lowest BCUT2D eigenvalue weighted by atomic mass is 10.2. The van der Waals surface area contributed by atoms with Crippen LogP contribution in [-0.4, -0.2) is 45.8 Å². The van der Waals surface area contributed by atoms with Crippen LogP contribution in [0.2, 0.25) is 19.1 Å². The van der Waals surface area contributed by atoms with Gasteiger partial charge in [-0.25, -0.2) is 0 Å². The highest BCUT2D eigenvalue weighted by Gasteiger charge is 2.23. The van der Waals surface area contributed by atoms with Gasteiger partial charge >= 0.3 is 0 Å². The monoisotopic (exact) mass is 289 g/mol. The number of morpholine rings is 1. The Balaban J connectivity index is 1.87. The van der Waals surface area contributed by atoms with Crippen LogP contribution in [0.15, 0.2) is 30.8 Å². The highest BCUT2D eigenvalue weighted by Crippen LogP contribution is 2.15. The molecule has 1 saturated heterocycles. The summed E-state index contributed by atoms with van der Waals surface area (Å²) in [5.74, 6) is 0. The van der Waals surface area contributed by atoms with Gasteiger partial charge in [0.1, 0.15) is 0 Å². The average molecular weight is 289 g/mol. The van der Waals surface area contributed by atoms with Crippen molar-refractivity contribution in [2.75, 3.05) is 32.8 Å². The van der Waals surface area contributed by atoms with Crippen molar-refractivity contribution >= 4 is 19.3 Å². The molecule has 110 valence electrons. The standard InChI is InChI=1S/C17H27NOSi/c1-4-16-7-5-8-17(15-16)20(2,3)14-6-9-18-10-12-19-13-11-18/h4-5,7-8,15H,1,6,9-14H2,2-3H3. The van der Waals surface area contributed by atoms with Crippen LogP contribution in [0, 0.1) is 0 Å². The van der Waals surface area contributed by atoms with Crippen molar-refractivity contribution in [3.8, 4) is 0 Å². The molecule has 3 heteroatoms. The van der Waals surface area contributed by atoms with Gasteiger partial charge in [-0.3, -0.25) is 4.90 Å². The maximum absolute atomic E-state index is 5.40. The molecule has 1 aliphatic heterocycles. The van der Waals surface area contributed by atoms with Crippen molar-refractivity contribution < 1.29 is 4.74 Å². The van der Waals surface area contributed by atoms with Crippen LogP contribution in [0.3, 0.4) is 0 Å². The van der Waals surface area contributed by atoms with Gasteiger partial charge in [0.15, 0.2) is 0 Å². The summed E-state index contributed by atoms with van der Waals surface area (Å²) in [7, 11) is -1.32. The minimum atomic E-state index is -1.32. The molecule has 0 atom stereocenters. The number of rotatable bonds is 6. The maximum atomic E-state index is 5.40. The molecule has 0 bridgehead atoms. The van der Waals surface area contributed by atoms with Gasteiger partial charge in [0, 0.05) is 13.1 Å². The fraction of sp³-hybridized carbons (Fsp3) is 0.529. The Morgan fingerprint density at radius 3 is 2.75 bits per heavy atom. The van der Waals surface area contributed by atoms with Crippen LogP contribution in [0.25, 0.3) is 6.08 Å². The highest BCUT2D eigenvalue weighted by molar-refractivity contribution is 6.89. The Morgan fingerprint density at radius 2 is 2.05 bits per heavy atom. The second-order valence-electron chi connectivity index (χ2n) is 6.27. The van der Waals surface area contributed by atoms with E-state index in [0.717, 1.165) is 26.3 Å². The molecular weight excluding hydrogens is 262 g/mol. The zero-order chi connectivity index (χ0) is 14.4. The number of benzene rings is 1. The lowest BCUT2D eigenvalue weighted by molar-refractivity contribution is 0.0379. The SMILES string of the molecule is C=Cc1cccc([Si](C)(C)CCCN2CCOCC2)c1. The highest BCUT2D eigenvalue weighted by atomic mass is 28.3. The molecule has 0 saturated carbocycles. The number of hydrogen-bond donors (Lipinski definition) is 0. The summed E-state index contributed by atoms with van der Waals surface area (Å²) in [6, 6.07) is 10.3. The van der Waals surface area contributed by atoms with Crippen molar-refractivity contribution in [2.45, 2.75) is 25.6 Å². The van der Waals surface area contributed by atoms with Gasteiger partial charge in [-0.15, -0.1) is 0 Å². The Kier molecular flexibility index (Phi) is 5.58. The Labute approximate surface area is 124 Å². The van der Waals surface area contributed by atoms with Crippen LogP contribution in [0.1, 0.15) is 12.0 Å². The topological polar surface area (TPSA) is 12.5 Å². The van der Waals surface area contributed by atoms with Crippen LogP contribution >= 0.6 is 0 Å². The zero-order valence-corrected chi connectivity index (χ0v) is 13.9. The lowest BCUT2D eigenvalue weighted by Crippen LogP contribution is -2.42. The predicted octanol–water partition coefficient (Wildman–Crippen LogP) is 2.97. The first-order chi connectivity index (χ1) is 9.62. The van der Waals surface area contributed by atoms with E-state index >= 15 is 0 Å². The molecular formula is C17H27NOSi. The molecule has 0 aliphatic carbocycles. The lowest BCUT2D eigenvalue weighted by Gasteiger charge is -2.29. The molecule has 1 aliphatic rings. The third-order valence-corrected chi connectivity index (χ3v) is 7.76. The summed E-state index contributed by atoms with van der Waals surface area (Å²) < 4.78 is 5.40. The fourth-order valence-electron chi connectivity index (χ4n) is 2.80. The number of ether oxygens (including phenoxy) is 1. The Hall–Kier alpha value is -0.903. The van der Waals surface area contributed by atoms with Gasteiger partial charge in [-0.1, -0.05) is 61.2 Å². The summed E-state index contributed by atoms with van der Waals surface area (Å²) in [6.07, 6.45) is 3.25. The molecule has 1 aromatic carbocycles. The zero-order valence-electron chi connectivity index (χ0n) is 12.9. The van der Waals surface area contributed by atoms with E-state index in [0.29, 0.717) is 0 Å². The summed E-state index contributed by atoms with van der Waals surface area (Å²) in [4.78, 5) is 2.54. The van der Waals surface area contributed by atoms with Gasteiger partial charge in [-0.05, 0) is 18.5 Å². The molecule has 1 aromatic rings. The van der Waals surface area contributed by atoms with Crippen LogP contribution in [-0.2, 0) is 4.74 Å². The van der Waals surface area contributed by atoms with E-state index in [4.69, 9.17) is 4.74 Å². The summed E-state index contributed by atoms with van der Waals surface area (Å²) in [5, 5.41) is 1.55. The summed E-state index contributed by atoms with van der Waals surface area (Å²) in [5.41, 5.74) is 1.25. The van der Waals surface area contributed by atoms with E-state index in [9.17, 15) is 0 Å². The van der Waals surface area contributed by atoms with Crippen molar-refractivity contribution in [1.29, 1.82) is 0 Å². The second kappa shape index (κ2) is 7.20. The van der Waals surface area contributed by atoms with E-state index in [-0.39, 0.29) is 0 Å². The summed E-state index contributed by atoms with van der Waals surface area (Å²) in [6.45, 7) is 14.1. The third-order valence-electron chi connectivity index (χ3n) is 4.28. The van der Waals surface area contributed by atoms with Crippen molar-refractivity contribution in [3.63, 3.8) is 0 Å². The van der Waals surface area contributed by atoms with Gasteiger partial charge in [0.05, 0.1) is 21.3 Å². The Bertz CT molecular complexity index is 438. The molecule has 0 amide bonds. The third kappa shape index (κ3) is 4.30. The molecule has 2 rings (SSSR count). The second-order valence-corrected chi connectivity index (χ2v) is 11.1. The first kappa shape index (κ1) is 15.5. The van der Waals surface area contributed by atoms with Crippen LogP contribution < -0.4 is 5.19 Å². The maximum Gasteiger partial charge on any atom is 0.0807 e. The van der Waals surface area contributed by atoms with Crippen LogP contribution in [0.5, 0.6) is 0 Å². The molecule has 0 N–H and O–H groups in total. The van der Waals surface area contributed by atoms with Crippen LogP contribution in [0.4, 0.5) is 0 Å². The van der Waals surface area contributed by atoms with E-state index in [1.807, 2.05) is 6.08 Å². The molecule has 20 heavy (non-hydrogen) atoms. The van der Waals surface area contributed by atoms with E-state index in [1.54, 1.807) is 5.19 Å². The molecule has 1 fully saturated rings. The molecule has 0 radical (unpaired) electrons. The van der Waals surface area contributed by atoms with E-state index < -0.39 is 8.07 Å². The Morgan fingerprint density at radius 1 is 1.30 bits per heavy atom. The molecule has 0 aromatic heterocycles. The van der Waals surface area contributed by atoms with Crippen molar-refractivity contribution in [1.82, 2.24) is 4.90 Å². The molecule has 0 unspecified atom stereocenters. The average Bonchev–Trinajstić information content (AvgIpc) is 2.48. The number of nitrogens with zero attached hydrogens (tertiary/aromatic N) is 1.